The summed E-state index contributed by atoms with van der Waals surface area (Å²) in [5.74, 6) is -0.234. The molecule has 82 valence electrons. The van der Waals surface area contributed by atoms with Crippen LogP contribution in [-0.2, 0) is 0 Å². The molecular formula is C10H13BrN2O2. The lowest BCUT2D eigenvalue weighted by Crippen LogP contribution is -2.30. The fourth-order valence-corrected chi connectivity index (χ4v) is 1.63. The van der Waals surface area contributed by atoms with E-state index in [4.69, 9.17) is 10.8 Å². The minimum absolute atomic E-state index is 0.232. The largest absolute Gasteiger partial charge is 0.399 e. The van der Waals surface area contributed by atoms with Crippen LogP contribution in [0.4, 0.5) is 5.69 Å². The van der Waals surface area contributed by atoms with E-state index in [1.165, 1.54) is 0 Å². The molecule has 1 aromatic carbocycles. The summed E-state index contributed by atoms with van der Waals surface area (Å²) >= 11 is 3.25. The fraction of sp³-hybridized carbons (Fsp3) is 0.300. The Labute approximate surface area is 96.6 Å². The van der Waals surface area contributed by atoms with E-state index in [1.54, 1.807) is 25.1 Å². The van der Waals surface area contributed by atoms with E-state index in [0.717, 1.165) is 0 Å². The molecule has 0 aliphatic carbocycles. The number of hydrogen-bond acceptors (Lipinski definition) is 3. The van der Waals surface area contributed by atoms with Crippen molar-refractivity contribution in [3.63, 3.8) is 0 Å². The minimum Gasteiger partial charge on any atom is -0.399 e. The maximum absolute atomic E-state index is 11.6. The zero-order valence-electron chi connectivity index (χ0n) is 8.33. The molecule has 1 aromatic rings. The first-order chi connectivity index (χ1) is 7.00. The summed E-state index contributed by atoms with van der Waals surface area (Å²) in [6.45, 7) is 1.84. The molecule has 1 unspecified atom stereocenters. The van der Waals surface area contributed by atoms with Crippen molar-refractivity contribution in [1.82, 2.24) is 5.32 Å². The van der Waals surface area contributed by atoms with Crippen LogP contribution in [-0.4, -0.2) is 23.7 Å². The summed E-state index contributed by atoms with van der Waals surface area (Å²) < 4.78 is 0.644. The quantitative estimate of drug-likeness (QED) is 0.723. The number of aliphatic hydroxyl groups excluding tert-OH is 1. The van der Waals surface area contributed by atoms with Crippen LogP contribution < -0.4 is 11.1 Å². The van der Waals surface area contributed by atoms with Crippen molar-refractivity contribution in [1.29, 1.82) is 0 Å². The first kappa shape index (κ1) is 12.0. The van der Waals surface area contributed by atoms with Gasteiger partial charge < -0.3 is 16.2 Å². The Kier molecular flexibility index (Phi) is 4.11. The van der Waals surface area contributed by atoms with E-state index in [1.807, 2.05) is 0 Å². The van der Waals surface area contributed by atoms with Crippen LogP contribution in [0.2, 0.25) is 0 Å². The van der Waals surface area contributed by atoms with Crippen LogP contribution in [0.25, 0.3) is 0 Å². The van der Waals surface area contributed by atoms with Gasteiger partial charge in [0.15, 0.2) is 0 Å². The first-order valence-electron chi connectivity index (χ1n) is 4.52. The molecule has 1 amide bonds. The molecule has 0 radical (unpaired) electrons. The number of carbonyl (C=O) groups excluding carboxylic acids is 1. The molecule has 15 heavy (non-hydrogen) atoms. The number of benzene rings is 1. The van der Waals surface area contributed by atoms with E-state index >= 15 is 0 Å². The van der Waals surface area contributed by atoms with Gasteiger partial charge in [0, 0.05) is 16.7 Å². The van der Waals surface area contributed by atoms with Crippen molar-refractivity contribution < 1.29 is 9.90 Å². The van der Waals surface area contributed by atoms with E-state index in [2.05, 4.69) is 21.2 Å². The monoisotopic (exact) mass is 272 g/mol. The molecule has 5 heteroatoms. The van der Waals surface area contributed by atoms with Gasteiger partial charge in [0.25, 0.3) is 5.91 Å². The van der Waals surface area contributed by atoms with Gasteiger partial charge >= 0.3 is 0 Å². The van der Waals surface area contributed by atoms with Crippen LogP contribution in [0.15, 0.2) is 22.7 Å². The average molecular weight is 273 g/mol. The van der Waals surface area contributed by atoms with E-state index in [9.17, 15) is 4.79 Å². The van der Waals surface area contributed by atoms with Gasteiger partial charge in [-0.3, -0.25) is 4.79 Å². The molecule has 0 aromatic heterocycles. The molecule has 0 aliphatic rings. The van der Waals surface area contributed by atoms with Gasteiger partial charge in [-0.05, 0) is 41.1 Å². The van der Waals surface area contributed by atoms with Gasteiger partial charge in [0.1, 0.15) is 0 Å². The van der Waals surface area contributed by atoms with E-state index in [0.29, 0.717) is 15.7 Å². The van der Waals surface area contributed by atoms with Crippen molar-refractivity contribution in [3.05, 3.63) is 28.2 Å². The lowest BCUT2D eigenvalue weighted by atomic mass is 10.2. The average Bonchev–Trinajstić information content (AvgIpc) is 2.14. The first-order valence-corrected chi connectivity index (χ1v) is 5.31. The number of nitrogens with one attached hydrogen (secondary N) is 1. The Morgan fingerprint density at radius 2 is 2.33 bits per heavy atom. The summed E-state index contributed by atoms with van der Waals surface area (Å²) in [6.07, 6.45) is -0.554. The van der Waals surface area contributed by atoms with Gasteiger partial charge in [0.2, 0.25) is 0 Å². The number of carbonyl (C=O) groups is 1. The second-order valence-corrected chi connectivity index (χ2v) is 4.15. The lowest BCUT2D eigenvalue weighted by molar-refractivity contribution is 0.0923. The van der Waals surface area contributed by atoms with Crippen molar-refractivity contribution in [3.8, 4) is 0 Å². The highest BCUT2D eigenvalue weighted by atomic mass is 79.9. The third-order valence-corrected chi connectivity index (χ3v) is 2.45. The number of aliphatic hydroxyl groups is 1. The molecule has 0 spiro atoms. The number of anilines is 1. The molecule has 0 aliphatic heterocycles. The predicted octanol–water partition coefficient (Wildman–Crippen LogP) is 1.14. The molecular weight excluding hydrogens is 260 g/mol. The number of nitrogen functional groups attached to an aromatic ring is 1. The molecule has 1 atom stereocenters. The normalized spacial score (nSPS) is 12.2. The molecule has 0 fully saturated rings. The summed E-state index contributed by atoms with van der Waals surface area (Å²) in [5, 5.41) is 11.6. The van der Waals surface area contributed by atoms with Crippen molar-refractivity contribution in [2.24, 2.45) is 0 Å². The Bertz CT molecular complexity index is 366. The number of rotatable bonds is 3. The fourth-order valence-electron chi connectivity index (χ4n) is 1.05. The van der Waals surface area contributed by atoms with Crippen LogP contribution in [0.5, 0.6) is 0 Å². The van der Waals surface area contributed by atoms with Gasteiger partial charge in [-0.2, -0.15) is 0 Å². The highest BCUT2D eigenvalue weighted by molar-refractivity contribution is 9.10. The summed E-state index contributed by atoms with van der Waals surface area (Å²) in [4.78, 5) is 11.6. The van der Waals surface area contributed by atoms with Gasteiger partial charge in [-0.15, -0.1) is 0 Å². The molecule has 0 saturated carbocycles. The van der Waals surface area contributed by atoms with Crippen molar-refractivity contribution in [2.45, 2.75) is 13.0 Å². The highest BCUT2D eigenvalue weighted by Crippen LogP contribution is 2.19. The zero-order chi connectivity index (χ0) is 11.4. The Morgan fingerprint density at radius 3 is 2.87 bits per heavy atom. The maximum atomic E-state index is 11.6. The van der Waals surface area contributed by atoms with Crippen LogP contribution >= 0.6 is 15.9 Å². The third kappa shape index (κ3) is 3.53. The van der Waals surface area contributed by atoms with Gasteiger partial charge in [-0.1, -0.05) is 0 Å². The van der Waals surface area contributed by atoms with Gasteiger partial charge in [-0.25, -0.2) is 0 Å². The number of nitrogens with two attached hydrogens (primary N) is 1. The summed E-state index contributed by atoms with van der Waals surface area (Å²) in [6, 6.07) is 4.95. The van der Waals surface area contributed by atoms with Gasteiger partial charge in [0.05, 0.1) is 11.7 Å². The number of amides is 1. The molecule has 0 bridgehead atoms. The molecule has 1 rings (SSSR count). The minimum atomic E-state index is -0.554. The summed E-state index contributed by atoms with van der Waals surface area (Å²) in [5.41, 5.74) is 6.64. The van der Waals surface area contributed by atoms with E-state index < -0.39 is 6.10 Å². The molecule has 4 N–H and O–H groups in total. The van der Waals surface area contributed by atoms with E-state index in [-0.39, 0.29) is 12.5 Å². The summed E-state index contributed by atoms with van der Waals surface area (Å²) in [7, 11) is 0. The highest BCUT2D eigenvalue weighted by Gasteiger charge is 2.10. The smallest absolute Gasteiger partial charge is 0.252 e. The topological polar surface area (TPSA) is 75.3 Å². The lowest BCUT2D eigenvalue weighted by Gasteiger charge is -2.08. The number of hydrogen-bond donors (Lipinski definition) is 3. The van der Waals surface area contributed by atoms with Crippen LogP contribution in [0.3, 0.4) is 0 Å². The maximum Gasteiger partial charge on any atom is 0.252 e. The molecule has 4 nitrogen and oxygen atoms in total. The standard InChI is InChI=1S/C10H13BrN2O2/c1-6(14)5-13-10(15)8-3-2-7(12)4-9(8)11/h2-4,6,14H,5,12H2,1H3,(H,13,15). The second kappa shape index (κ2) is 5.14. The van der Waals surface area contributed by atoms with Crippen molar-refractivity contribution in [2.75, 3.05) is 12.3 Å². The zero-order valence-corrected chi connectivity index (χ0v) is 9.91. The van der Waals surface area contributed by atoms with Crippen LogP contribution in [0.1, 0.15) is 17.3 Å². The van der Waals surface area contributed by atoms with Crippen LogP contribution in [0, 0.1) is 0 Å². The Hall–Kier alpha value is -1.07. The van der Waals surface area contributed by atoms with Crippen molar-refractivity contribution >= 4 is 27.5 Å². The Balaban J connectivity index is 2.74. The second-order valence-electron chi connectivity index (χ2n) is 3.30. The Morgan fingerprint density at radius 1 is 1.67 bits per heavy atom. The SMILES string of the molecule is CC(O)CNC(=O)c1ccc(N)cc1Br. The number of halogens is 1. The third-order valence-electron chi connectivity index (χ3n) is 1.80. The molecule has 0 heterocycles. The predicted molar refractivity (Wildman–Crippen MR) is 62.6 cm³/mol. The molecule has 0 saturated heterocycles.